The quantitative estimate of drug-likeness (QED) is 0.484. The van der Waals surface area contributed by atoms with Gasteiger partial charge in [-0.2, -0.15) is 0 Å². The molecule has 1 aliphatic heterocycles. The first-order valence-corrected chi connectivity index (χ1v) is 10.7. The Kier molecular flexibility index (Phi) is 5.77. The Morgan fingerprint density at radius 2 is 1.67 bits per heavy atom. The Labute approximate surface area is 190 Å². The number of nitrogens with zero attached hydrogens (tertiary/aromatic N) is 5. The van der Waals surface area contributed by atoms with Crippen LogP contribution in [0.3, 0.4) is 0 Å². The third-order valence-electron chi connectivity index (χ3n) is 5.26. The van der Waals surface area contributed by atoms with Crippen LogP contribution in [0.4, 0.5) is 23.0 Å². The van der Waals surface area contributed by atoms with Gasteiger partial charge in [-0.25, -0.2) is 15.0 Å². The van der Waals surface area contributed by atoms with Crippen LogP contribution in [0.15, 0.2) is 60.8 Å². The van der Waals surface area contributed by atoms with Crippen molar-refractivity contribution in [3.05, 3.63) is 72.3 Å². The van der Waals surface area contributed by atoms with Crippen molar-refractivity contribution >= 4 is 40.0 Å². The second-order valence-electron chi connectivity index (χ2n) is 7.66. The summed E-state index contributed by atoms with van der Waals surface area (Å²) < 4.78 is 5.43. The summed E-state index contributed by atoms with van der Waals surface area (Å²) >= 11 is 0. The van der Waals surface area contributed by atoms with Gasteiger partial charge in [-0.05, 0) is 43.3 Å². The number of hydrogen-bond acceptors (Lipinski definition) is 8. The van der Waals surface area contributed by atoms with Crippen LogP contribution in [0.1, 0.15) is 16.3 Å². The van der Waals surface area contributed by atoms with Gasteiger partial charge in [0.1, 0.15) is 23.2 Å². The second-order valence-corrected chi connectivity index (χ2v) is 7.66. The van der Waals surface area contributed by atoms with E-state index in [0.717, 1.165) is 30.1 Å². The molecule has 4 aromatic rings. The number of rotatable bonds is 5. The zero-order chi connectivity index (χ0) is 22.6. The van der Waals surface area contributed by atoms with E-state index in [2.05, 4.69) is 35.5 Å². The van der Waals surface area contributed by atoms with E-state index in [4.69, 9.17) is 4.74 Å². The molecule has 9 heteroatoms. The minimum atomic E-state index is -0.310. The van der Waals surface area contributed by atoms with Crippen molar-refractivity contribution in [1.29, 1.82) is 0 Å². The van der Waals surface area contributed by atoms with E-state index >= 15 is 0 Å². The van der Waals surface area contributed by atoms with Crippen molar-refractivity contribution < 1.29 is 9.53 Å². The highest BCUT2D eigenvalue weighted by Gasteiger charge is 2.14. The van der Waals surface area contributed by atoms with Crippen LogP contribution >= 0.6 is 0 Å². The molecule has 2 aromatic carbocycles. The Balaban J connectivity index is 1.26. The van der Waals surface area contributed by atoms with E-state index in [1.807, 2.05) is 61.5 Å². The van der Waals surface area contributed by atoms with Gasteiger partial charge in [0.25, 0.3) is 5.91 Å². The molecular weight excluding hydrogens is 418 g/mol. The number of para-hydroxylation sites is 2. The summed E-state index contributed by atoms with van der Waals surface area (Å²) in [6, 6.07) is 16.8. The zero-order valence-electron chi connectivity index (χ0n) is 18.2. The van der Waals surface area contributed by atoms with Gasteiger partial charge in [0.05, 0.1) is 30.4 Å². The lowest BCUT2D eigenvalue weighted by Gasteiger charge is -2.28. The third-order valence-corrected chi connectivity index (χ3v) is 5.26. The van der Waals surface area contributed by atoms with Crippen LogP contribution < -0.4 is 15.5 Å². The normalized spacial score (nSPS) is 13.7. The Morgan fingerprint density at radius 1 is 0.939 bits per heavy atom. The number of fused-ring (bicyclic) bond motifs is 1. The minimum Gasteiger partial charge on any atom is -0.378 e. The van der Waals surface area contributed by atoms with Crippen LogP contribution in [0.2, 0.25) is 0 Å². The number of anilines is 4. The number of hydrogen-bond donors (Lipinski definition) is 2. The highest BCUT2D eigenvalue weighted by Crippen LogP contribution is 2.22. The number of carbonyl (C=O) groups excluding carboxylic acids is 1. The molecule has 0 saturated carbocycles. The van der Waals surface area contributed by atoms with Crippen LogP contribution in [-0.2, 0) is 4.74 Å². The van der Waals surface area contributed by atoms with Gasteiger partial charge < -0.3 is 20.3 Å². The predicted octanol–water partition coefficient (Wildman–Crippen LogP) is 3.56. The Hall–Kier alpha value is -4.11. The molecule has 2 N–H and O–H groups in total. The van der Waals surface area contributed by atoms with Gasteiger partial charge in [-0.15, -0.1) is 0 Å². The van der Waals surface area contributed by atoms with Crippen molar-refractivity contribution in [3.63, 3.8) is 0 Å². The summed E-state index contributed by atoms with van der Waals surface area (Å²) in [5.74, 6) is 1.98. The molecule has 0 radical (unpaired) electrons. The minimum absolute atomic E-state index is 0.267. The fraction of sp³-hybridized carbons (Fsp3) is 0.208. The number of aryl methyl sites for hydroxylation is 1. The number of nitrogens with one attached hydrogen (secondary N) is 2. The molecule has 0 bridgehead atoms. The van der Waals surface area contributed by atoms with E-state index in [1.54, 1.807) is 0 Å². The Bertz CT molecular complexity index is 1290. The first-order chi connectivity index (χ1) is 16.1. The highest BCUT2D eigenvalue weighted by atomic mass is 16.5. The molecule has 1 saturated heterocycles. The number of carbonyl (C=O) groups is 1. The van der Waals surface area contributed by atoms with Gasteiger partial charge in [0.15, 0.2) is 0 Å². The third kappa shape index (κ3) is 4.88. The topological polar surface area (TPSA) is 105 Å². The summed E-state index contributed by atoms with van der Waals surface area (Å²) in [7, 11) is 0. The lowest BCUT2D eigenvalue weighted by Crippen LogP contribution is -2.36. The maximum atomic E-state index is 12.6. The maximum absolute atomic E-state index is 12.6. The number of morpholine rings is 1. The fourth-order valence-corrected chi connectivity index (χ4v) is 3.62. The average Bonchev–Trinajstić information content (AvgIpc) is 2.85. The van der Waals surface area contributed by atoms with Gasteiger partial charge in [0, 0.05) is 30.5 Å². The molecular formula is C24H23N7O2. The van der Waals surface area contributed by atoms with Crippen molar-refractivity contribution in [2.75, 3.05) is 41.8 Å². The molecule has 3 heterocycles. The van der Waals surface area contributed by atoms with Gasteiger partial charge >= 0.3 is 0 Å². The smallest absolute Gasteiger partial charge is 0.275 e. The summed E-state index contributed by atoms with van der Waals surface area (Å²) in [6.45, 7) is 4.90. The van der Waals surface area contributed by atoms with Crippen molar-refractivity contribution in [3.8, 4) is 0 Å². The lowest BCUT2D eigenvalue weighted by atomic mass is 10.2. The molecule has 0 unspecified atom stereocenters. The van der Waals surface area contributed by atoms with Crippen molar-refractivity contribution in [2.45, 2.75) is 6.92 Å². The van der Waals surface area contributed by atoms with Crippen LogP contribution in [0, 0.1) is 6.92 Å². The summed E-state index contributed by atoms with van der Waals surface area (Å²) in [6.07, 6.45) is 1.48. The molecule has 1 fully saturated rings. The largest absolute Gasteiger partial charge is 0.378 e. The molecule has 33 heavy (non-hydrogen) atoms. The first kappa shape index (κ1) is 20.8. The van der Waals surface area contributed by atoms with Gasteiger partial charge in [-0.1, -0.05) is 12.1 Å². The van der Waals surface area contributed by atoms with Crippen LogP contribution in [-0.4, -0.2) is 52.1 Å². The molecule has 5 rings (SSSR count). The van der Waals surface area contributed by atoms with Crippen molar-refractivity contribution in [1.82, 2.24) is 19.9 Å². The van der Waals surface area contributed by atoms with Gasteiger partial charge in [-0.3, -0.25) is 9.78 Å². The van der Waals surface area contributed by atoms with Crippen molar-refractivity contribution in [2.24, 2.45) is 0 Å². The fourth-order valence-electron chi connectivity index (χ4n) is 3.62. The number of aromatic nitrogens is 4. The molecule has 0 spiro atoms. The lowest BCUT2D eigenvalue weighted by molar-refractivity contribution is 0.102. The average molecular weight is 441 g/mol. The number of amides is 1. The molecule has 166 valence electrons. The maximum Gasteiger partial charge on any atom is 0.275 e. The Morgan fingerprint density at radius 3 is 2.45 bits per heavy atom. The molecule has 9 nitrogen and oxygen atoms in total. The van der Waals surface area contributed by atoms with E-state index in [-0.39, 0.29) is 11.6 Å². The highest BCUT2D eigenvalue weighted by molar-refractivity contribution is 6.03. The predicted molar refractivity (Wildman–Crippen MR) is 127 cm³/mol. The SMILES string of the molecule is Cc1nc(Nc2ccc(NC(=O)c3cnc4ccccc4n3)cc2)cc(N2CCOCC2)n1. The van der Waals surface area contributed by atoms with Gasteiger partial charge in [0.2, 0.25) is 0 Å². The summed E-state index contributed by atoms with van der Waals surface area (Å²) in [5, 5.41) is 6.17. The van der Waals surface area contributed by atoms with E-state index in [0.29, 0.717) is 36.1 Å². The molecule has 1 aliphatic rings. The van der Waals surface area contributed by atoms with E-state index in [1.165, 1.54) is 6.20 Å². The first-order valence-electron chi connectivity index (χ1n) is 10.7. The standard InChI is InChI=1S/C24H23N7O2/c1-16-26-22(14-23(27-16)31-10-12-33-13-11-31)28-17-6-8-18(9-7-17)29-24(32)21-15-25-19-4-2-3-5-20(19)30-21/h2-9,14-15H,10-13H2,1H3,(H,29,32)(H,26,27,28). The number of ether oxygens (including phenoxy) is 1. The van der Waals surface area contributed by atoms with Crippen LogP contribution in [0.25, 0.3) is 11.0 Å². The molecule has 2 aromatic heterocycles. The zero-order valence-corrected chi connectivity index (χ0v) is 18.2. The van der Waals surface area contributed by atoms with E-state index < -0.39 is 0 Å². The summed E-state index contributed by atoms with van der Waals surface area (Å²) in [5.41, 5.74) is 3.21. The summed E-state index contributed by atoms with van der Waals surface area (Å²) in [4.78, 5) is 32.5. The monoisotopic (exact) mass is 441 g/mol. The van der Waals surface area contributed by atoms with Crippen LogP contribution in [0.5, 0.6) is 0 Å². The molecule has 0 aliphatic carbocycles. The molecule has 0 atom stereocenters. The van der Waals surface area contributed by atoms with E-state index in [9.17, 15) is 4.79 Å². The second kappa shape index (κ2) is 9.17. The molecule has 1 amide bonds. The number of benzene rings is 2.